The van der Waals surface area contributed by atoms with Gasteiger partial charge in [0.15, 0.2) is 0 Å². The number of nitriles is 1. The van der Waals surface area contributed by atoms with Crippen molar-refractivity contribution in [2.75, 3.05) is 6.54 Å². The first-order valence-electron chi connectivity index (χ1n) is 7.43. The third-order valence-electron chi connectivity index (χ3n) is 4.15. The number of aliphatic hydroxyl groups excluding tert-OH is 1. The van der Waals surface area contributed by atoms with Crippen molar-refractivity contribution in [1.82, 2.24) is 4.90 Å². The molecule has 1 N–H and O–H groups in total. The van der Waals surface area contributed by atoms with E-state index in [0.29, 0.717) is 19.5 Å². The first kappa shape index (κ1) is 15.6. The highest BCUT2D eigenvalue weighted by Gasteiger charge is 2.32. The smallest absolute Gasteiger partial charge is 0.141 e. The van der Waals surface area contributed by atoms with E-state index in [9.17, 15) is 13.9 Å². The minimum atomic E-state index is -0.549. The van der Waals surface area contributed by atoms with Gasteiger partial charge in [-0.2, -0.15) is 5.26 Å². The number of hydrogen-bond acceptors (Lipinski definition) is 3. The summed E-state index contributed by atoms with van der Waals surface area (Å²) in [6.07, 6.45) is 0.0221. The molecule has 0 bridgehead atoms. The second-order valence-corrected chi connectivity index (χ2v) is 5.82. The minimum absolute atomic E-state index is 0.0110. The second kappa shape index (κ2) is 6.45. The van der Waals surface area contributed by atoms with E-state index < -0.39 is 11.9 Å². The number of β-amino-alcohol motifs (C(OH)–C–C–N with tert-alkyl or cyclic N) is 1. The van der Waals surface area contributed by atoms with Gasteiger partial charge in [-0.3, -0.25) is 4.90 Å². The van der Waals surface area contributed by atoms with Crippen LogP contribution < -0.4 is 0 Å². The molecule has 1 aliphatic heterocycles. The second-order valence-electron chi connectivity index (χ2n) is 5.82. The summed E-state index contributed by atoms with van der Waals surface area (Å²) in [6.45, 7) is 0.879. The molecule has 2 aromatic carbocycles. The standard InChI is InChI=1S/C18H16F2N2O/c19-15-3-1-2-13(7-15)18-8-16(23)11-22(18)10-12-4-5-14(9-21)17(20)6-12/h1-7,16,18,23H,8,10-11H2/t16-,18-/m1/s1. The van der Waals surface area contributed by atoms with Crippen LogP contribution in [0.5, 0.6) is 0 Å². The minimum Gasteiger partial charge on any atom is -0.392 e. The Labute approximate surface area is 133 Å². The maximum absolute atomic E-state index is 13.7. The molecular formula is C18H16F2N2O. The molecule has 3 rings (SSSR count). The normalized spacial score (nSPS) is 21.3. The summed E-state index contributed by atoms with van der Waals surface area (Å²) in [5.74, 6) is -0.861. The molecule has 1 saturated heterocycles. The van der Waals surface area contributed by atoms with Crippen molar-refractivity contribution in [3.8, 4) is 6.07 Å². The van der Waals surface area contributed by atoms with Crippen LogP contribution in [0.2, 0.25) is 0 Å². The first-order valence-corrected chi connectivity index (χ1v) is 7.43. The van der Waals surface area contributed by atoms with Crippen LogP contribution in [-0.2, 0) is 6.54 Å². The maximum atomic E-state index is 13.7. The third-order valence-corrected chi connectivity index (χ3v) is 4.15. The van der Waals surface area contributed by atoms with Gasteiger partial charge in [0.05, 0.1) is 11.7 Å². The monoisotopic (exact) mass is 314 g/mol. The number of halogens is 2. The summed E-state index contributed by atoms with van der Waals surface area (Å²) < 4.78 is 27.2. The molecular weight excluding hydrogens is 298 g/mol. The van der Waals surface area contributed by atoms with E-state index in [1.807, 2.05) is 11.0 Å². The Kier molecular flexibility index (Phi) is 4.37. The van der Waals surface area contributed by atoms with Gasteiger partial charge in [0.2, 0.25) is 0 Å². The number of benzene rings is 2. The van der Waals surface area contributed by atoms with Crippen molar-refractivity contribution in [2.24, 2.45) is 0 Å². The fourth-order valence-electron chi connectivity index (χ4n) is 3.10. The number of likely N-dealkylation sites (tertiary alicyclic amines) is 1. The highest BCUT2D eigenvalue weighted by Crippen LogP contribution is 2.33. The van der Waals surface area contributed by atoms with Crippen LogP contribution in [0.1, 0.15) is 29.2 Å². The summed E-state index contributed by atoms with van der Waals surface area (Å²) in [5.41, 5.74) is 1.53. The SMILES string of the molecule is N#Cc1ccc(CN2C[C@H](O)C[C@@H]2c2cccc(F)c2)cc1F. The number of nitrogens with zero attached hydrogens (tertiary/aromatic N) is 2. The molecule has 0 saturated carbocycles. The van der Waals surface area contributed by atoms with Gasteiger partial charge in [-0.15, -0.1) is 0 Å². The molecule has 2 atom stereocenters. The molecule has 1 heterocycles. The zero-order chi connectivity index (χ0) is 16.4. The Morgan fingerprint density at radius 1 is 1.22 bits per heavy atom. The third kappa shape index (κ3) is 3.39. The van der Waals surface area contributed by atoms with Gasteiger partial charge < -0.3 is 5.11 Å². The number of hydrogen-bond donors (Lipinski definition) is 1. The van der Waals surface area contributed by atoms with Crippen LogP contribution >= 0.6 is 0 Å². The molecule has 23 heavy (non-hydrogen) atoms. The van der Waals surface area contributed by atoms with Crippen molar-refractivity contribution in [1.29, 1.82) is 5.26 Å². The predicted molar refractivity (Wildman–Crippen MR) is 81.3 cm³/mol. The molecule has 0 amide bonds. The van der Waals surface area contributed by atoms with E-state index in [4.69, 9.17) is 5.26 Å². The van der Waals surface area contributed by atoms with Gasteiger partial charge in [0, 0.05) is 19.1 Å². The van der Waals surface area contributed by atoms with Crippen LogP contribution in [0, 0.1) is 23.0 Å². The lowest BCUT2D eigenvalue weighted by Crippen LogP contribution is -2.24. The molecule has 3 nitrogen and oxygen atoms in total. The lowest BCUT2D eigenvalue weighted by Gasteiger charge is -2.24. The van der Waals surface area contributed by atoms with Crippen molar-refractivity contribution in [2.45, 2.75) is 25.1 Å². The molecule has 1 aliphatic rings. The van der Waals surface area contributed by atoms with Crippen molar-refractivity contribution >= 4 is 0 Å². The fraction of sp³-hybridized carbons (Fsp3) is 0.278. The lowest BCUT2D eigenvalue weighted by molar-refractivity contribution is 0.172. The molecule has 118 valence electrons. The summed E-state index contributed by atoms with van der Waals surface area (Å²) >= 11 is 0. The topological polar surface area (TPSA) is 47.3 Å². The highest BCUT2D eigenvalue weighted by molar-refractivity contribution is 5.33. The van der Waals surface area contributed by atoms with Crippen LogP contribution in [-0.4, -0.2) is 22.7 Å². The Morgan fingerprint density at radius 3 is 2.74 bits per heavy atom. The molecule has 5 heteroatoms. The quantitative estimate of drug-likeness (QED) is 0.947. The summed E-state index contributed by atoms with van der Waals surface area (Å²) in [4.78, 5) is 2.00. The van der Waals surface area contributed by atoms with Gasteiger partial charge in [-0.05, 0) is 41.8 Å². The van der Waals surface area contributed by atoms with Crippen LogP contribution in [0.15, 0.2) is 42.5 Å². The highest BCUT2D eigenvalue weighted by atomic mass is 19.1. The molecule has 0 unspecified atom stereocenters. The van der Waals surface area contributed by atoms with Crippen molar-refractivity contribution < 1.29 is 13.9 Å². The lowest BCUT2D eigenvalue weighted by atomic mass is 10.0. The first-order chi connectivity index (χ1) is 11.1. The van der Waals surface area contributed by atoms with E-state index in [1.54, 1.807) is 18.2 Å². The van der Waals surface area contributed by atoms with E-state index >= 15 is 0 Å². The van der Waals surface area contributed by atoms with E-state index in [1.165, 1.54) is 24.3 Å². The van der Waals surface area contributed by atoms with Crippen LogP contribution in [0.25, 0.3) is 0 Å². The van der Waals surface area contributed by atoms with E-state index in [0.717, 1.165) is 11.1 Å². The maximum Gasteiger partial charge on any atom is 0.141 e. The zero-order valence-corrected chi connectivity index (χ0v) is 12.4. The fourth-order valence-corrected chi connectivity index (χ4v) is 3.10. The number of aliphatic hydroxyl groups is 1. The van der Waals surface area contributed by atoms with Gasteiger partial charge in [-0.25, -0.2) is 8.78 Å². The summed E-state index contributed by atoms with van der Waals surface area (Å²) in [5, 5.41) is 18.7. The molecule has 0 aromatic heterocycles. The Bertz CT molecular complexity index is 757. The van der Waals surface area contributed by atoms with Gasteiger partial charge in [0.25, 0.3) is 0 Å². The van der Waals surface area contributed by atoms with E-state index in [2.05, 4.69) is 0 Å². The summed E-state index contributed by atoms with van der Waals surface area (Å²) in [7, 11) is 0. The van der Waals surface area contributed by atoms with Gasteiger partial charge >= 0.3 is 0 Å². The predicted octanol–water partition coefficient (Wildman–Crippen LogP) is 3.14. The number of rotatable bonds is 3. The van der Waals surface area contributed by atoms with Gasteiger partial charge in [0.1, 0.15) is 17.7 Å². The summed E-state index contributed by atoms with van der Waals surface area (Å²) in [6, 6.07) is 12.5. The molecule has 1 fully saturated rings. The molecule has 0 spiro atoms. The largest absolute Gasteiger partial charge is 0.392 e. The Balaban J connectivity index is 1.83. The Morgan fingerprint density at radius 2 is 2.04 bits per heavy atom. The van der Waals surface area contributed by atoms with Crippen molar-refractivity contribution in [3.63, 3.8) is 0 Å². The van der Waals surface area contributed by atoms with E-state index in [-0.39, 0.29) is 17.4 Å². The zero-order valence-electron chi connectivity index (χ0n) is 12.4. The van der Waals surface area contributed by atoms with Crippen LogP contribution in [0.4, 0.5) is 8.78 Å². The Hall–Kier alpha value is -2.29. The molecule has 0 aliphatic carbocycles. The van der Waals surface area contributed by atoms with Crippen LogP contribution in [0.3, 0.4) is 0 Å². The molecule has 0 radical (unpaired) electrons. The van der Waals surface area contributed by atoms with Crippen molar-refractivity contribution in [3.05, 3.63) is 70.8 Å². The average Bonchev–Trinajstić information content (AvgIpc) is 2.88. The molecule has 2 aromatic rings. The van der Waals surface area contributed by atoms with Gasteiger partial charge in [-0.1, -0.05) is 18.2 Å². The average molecular weight is 314 g/mol.